The molecule has 1 aliphatic heterocycles. The van der Waals surface area contributed by atoms with Crippen LogP contribution in [0.5, 0.6) is 0 Å². The lowest BCUT2D eigenvalue weighted by Gasteiger charge is -2.29. The van der Waals surface area contributed by atoms with Crippen LogP contribution < -0.4 is 5.73 Å². The first-order chi connectivity index (χ1) is 6.56. The van der Waals surface area contributed by atoms with Crippen LogP contribution >= 0.6 is 0 Å². The van der Waals surface area contributed by atoms with Gasteiger partial charge >= 0.3 is 0 Å². The topological polar surface area (TPSA) is 52.7 Å². The Morgan fingerprint density at radius 1 is 1.57 bits per heavy atom. The van der Waals surface area contributed by atoms with Crippen LogP contribution in [0.15, 0.2) is 0 Å². The highest BCUT2D eigenvalue weighted by Gasteiger charge is 2.30. The Balaban J connectivity index is 2.47. The van der Waals surface area contributed by atoms with E-state index in [4.69, 9.17) is 5.73 Å². The smallest absolute Gasteiger partial charge is 0.0601 e. The second kappa shape index (κ2) is 5.07. The van der Waals surface area contributed by atoms with Crippen molar-refractivity contribution >= 4 is 0 Å². The predicted octanol–water partition coefficient (Wildman–Crippen LogP) is -0.670. The highest BCUT2D eigenvalue weighted by atomic mass is 16.3. The van der Waals surface area contributed by atoms with Gasteiger partial charge < -0.3 is 15.7 Å². The van der Waals surface area contributed by atoms with Crippen molar-refractivity contribution in [2.45, 2.75) is 31.5 Å². The molecule has 3 unspecified atom stereocenters. The minimum Gasteiger partial charge on any atom is -0.395 e. The van der Waals surface area contributed by atoms with Gasteiger partial charge in [0.25, 0.3) is 0 Å². The van der Waals surface area contributed by atoms with E-state index in [0.717, 1.165) is 13.1 Å². The summed E-state index contributed by atoms with van der Waals surface area (Å²) in [4.78, 5) is 4.55. The van der Waals surface area contributed by atoms with E-state index in [1.165, 1.54) is 6.42 Å². The Labute approximate surface area is 86.7 Å². The number of hydrogen-bond donors (Lipinski definition) is 2. The fourth-order valence-electron chi connectivity index (χ4n) is 2.11. The van der Waals surface area contributed by atoms with Crippen molar-refractivity contribution in [3.8, 4) is 0 Å². The molecule has 0 aromatic heterocycles. The first-order valence-corrected chi connectivity index (χ1v) is 5.33. The maximum absolute atomic E-state index is 9.25. The molecule has 1 saturated heterocycles. The van der Waals surface area contributed by atoms with Gasteiger partial charge in [-0.25, -0.2) is 0 Å². The molecule has 84 valence electrons. The number of hydrogen-bond acceptors (Lipinski definition) is 4. The molecule has 14 heavy (non-hydrogen) atoms. The van der Waals surface area contributed by atoms with Crippen molar-refractivity contribution in [3.63, 3.8) is 0 Å². The molecule has 1 aliphatic rings. The first-order valence-electron chi connectivity index (χ1n) is 5.33. The molecule has 0 aromatic rings. The number of aliphatic hydroxyl groups excluding tert-OH is 1. The normalized spacial score (nSPS) is 28.3. The summed E-state index contributed by atoms with van der Waals surface area (Å²) in [6.07, 6.45) is 1.18. The molecular formula is C10H23N3O. The minimum absolute atomic E-state index is 0.0425. The van der Waals surface area contributed by atoms with Gasteiger partial charge in [0.2, 0.25) is 0 Å². The zero-order valence-corrected chi connectivity index (χ0v) is 9.48. The molecular weight excluding hydrogens is 178 g/mol. The van der Waals surface area contributed by atoms with E-state index < -0.39 is 0 Å². The fourth-order valence-corrected chi connectivity index (χ4v) is 2.11. The SMILES string of the molecule is CC(N)C(CO)N1CCC(N(C)C)C1. The van der Waals surface area contributed by atoms with E-state index in [0.29, 0.717) is 6.04 Å². The van der Waals surface area contributed by atoms with Crippen molar-refractivity contribution in [3.05, 3.63) is 0 Å². The van der Waals surface area contributed by atoms with E-state index in [-0.39, 0.29) is 18.7 Å². The van der Waals surface area contributed by atoms with Gasteiger partial charge in [0, 0.05) is 31.2 Å². The maximum atomic E-state index is 9.25. The Kier molecular flexibility index (Phi) is 4.31. The average Bonchev–Trinajstić information content (AvgIpc) is 2.53. The Morgan fingerprint density at radius 2 is 2.21 bits per heavy atom. The van der Waals surface area contributed by atoms with Crippen molar-refractivity contribution in [1.29, 1.82) is 0 Å². The summed E-state index contributed by atoms with van der Waals surface area (Å²) in [7, 11) is 4.21. The first kappa shape index (κ1) is 11.9. The molecule has 3 atom stereocenters. The zero-order chi connectivity index (χ0) is 10.7. The lowest BCUT2D eigenvalue weighted by atomic mass is 10.1. The largest absolute Gasteiger partial charge is 0.395 e. The van der Waals surface area contributed by atoms with Crippen LogP contribution in [0.4, 0.5) is 0 Å². The van der Waals surface area contributed by atoms with Gasteiger partial charge in [0.05, 0.1) is 6.61 Å². The third-order valence-corrected chi connectivity index (χ3v) is 3.19. The molecule has 1 rings (SSSR count). The molecule has 0 radical (unpaired) electrons. The molecule has 0 saturated carbocycles. The zero-order valence-electron chi connectivity index (χ0n) is 9.48. The number of likely N-dealkylation sites (tertiary alicyclic amines) is 1. The standard InChI is InChI=1S/C10H23N3O/c1-8(11)10(7-14)13-5-4-9(6-13)12(2)3/h8-10,14H,4-7,11H2,1-3H3. The van der Waals surface area contributed by atoms with Crippen molar-refractivity contribution in [1.82, 2.24) is 9.80 Å². The van der Waals surface area contributed by atoms with E-state index in [2.05, 4.69) is 23.9 Å². The van der Waals surface area contributed by atoms with E-state index in [1.807, 2.05) is 6.92 Å². The summed E-state index contributed by atoms with van der Waals surface area (Å²) < 4.78 is 0. The van der Waals surface area contributed by atoms with Crippen LogP contribution in [0.25, 0.3) is 0 Å². The molecule has 0 spiro atoms. The Hall–Kier alpha value is -0.160. The van der Waals surface area contributed by atoms with Gasteiger partial charge in [-0.05, 0) is 27.4 Å². The van der Waals surface area contributed by atoms with Gasteiger partial charge in [0.15, 0.2) is 0 Å². The summed E-state index contributed by atoms with van der Waals surface area (Å²) in [6, 6.07) is 0.781. The highest BCUT2D eigenvalue weighted by molar-refractivity contribution is 4.88. The van der Waals surface area contributed by atoms with Crippen LogP contribution in [-0.2, 0) is 0 Å². The fraction of sp³-hybridized carbons (Fsp3) is 1.00. The van der Waals surface area contributed by atoms with Crippen LogP contribution in [-0.4, -0.2) is 66.8 Å². The maximum Gasteiger partial charge on any atom is 0.0601 e. The Bertz CT molecular complexity index is 173. The quantitative estimate of drug-likeness (QED) is 0.633. The minimum atomic E-state index is 0.0425. The second-order valence-corrected chi connectivity index (χ2v) is 4.51. The average molecular weight is 201 g/mol. The second-order valence-electron chi connectivity index (χ2n) is 4.51. The molecule has 0 aliphatic carbocycles. The van der Waals surface area contributed by atoms with Gasteiger partial charge in [-0.2, -0.15) is 0 Å². The van der Waals surface area contributed by atoms with Crippen LogP contribution in [0, 0.1) is 0 Å². The van der Waals surface area contributed by atoms with Gasteiger partial charge in [0.1, 0.15) is 0 Å². The molecule has 1 fully saturated rings. The van der Waals surface area contributed by atoms with Gasteiger partial charge in [-0.1, -0.05) is 0 Å². The molecule has 0 amide bonds. The van der Waals surface area contributed by atoms with Gasteiger partial charge in [-0.3, -0.25) is 4.90 Å². The molecule has 0 aromatic carbocycles. The van der Waals surface area contributed by atoms with Gasteiger partial charge in [-0.15, -0.1) is 0 Å². The molecule has 3 N–H and O–H groups in total. The lowest BCUT2D eigenvalue weighted by molar-refractivity contribution is 0.122. The third kappa shape index (κ3) is 2.67. The summed E-state index contributed by atoms with van der Waals surface area (Å²) in [5, 5.41) is 9.25. The van der Waals surface area contributed by atoms with E-state index in [1.54, 1.807) is 0 Å². The monoisotopic (exact) mass is 201 g/mol. The molecule has 4 heteroatoms. The van der Waals surface area contributed by atoms with Crippen molar-refractivity contribution < 1.29 is 5.11 Å². The summed E-state index contributed by atoms with van der Waals surface area (Å²) in [5.41, 5.74) is 5.83. The number of nitrogens with zero attached hydrogens (tertiary/aromatic N) is 2. The van der Waals surface area contributed by atoms with E-state index in [9.17, 15) is 5.11 Å². The molecule has 4 nitrogen and oxygen atoms in total. The van der Waals surface area contributed by atoms with Crippen LogP contribution in [0.2, 0.25) is 0 Å². The molecule has 1 heterocycles. The lowest BCUT2D eigenvalue weighted by Crippen LogP contribution is -2.48. The van der Waals surface area contributed by atoms with Crippen LogP contribution in [0.3, 0.4) is 0 Å². The van der Waals surface area contributed by atoms with E-state index >= 15 is 0 Å². The summed E-state index contributed by atoms with van der Waals surface area (Å²) in [6.45, 7) is 4.21. The van der Waals surface area contributed by atoms with Crippen LogP contribution in [0.1, 0.15) is 13.3 Å². The summed E-state index contributed by atoms with van der Waals surface area (Å²) >= 11 is 0. The number of likely N-dealkylation sites (N-methyl/N-ethyl adjacent to an activating group) is 1. The Morgan fingerprint density at radius 3 is 2.57 bits per heavy atom. The van der Waals surface area contributed by atoms with Crippen molar-refractivity contribution in [2.24, 2.45) is 5.73 Å². The predicted molar refractivity (Wildman–Crippen MR) is 58.2 cm³/mol. The van der Waals surface area contributed by atoms with Crippen molar-refractivity contribution in [2.75, 3.05) is 33.8 Å². The summed E-state index contributed by atoms with van der Waals surface area (Å²) in [5.74, 6) is 0. The third-order valence-electron chi connectivity index (χ3n) is 3.19. The highest BCUT2D eigenvalue weighted by Crippen LogP contribution is 2.16. The number of nitrogens with two attached hydrogens (primary N) is 1. The number of aliphatic hydroxyl groups is 1. The molecule has 0 bridgehead atoms. The number of rotatable bonds is 4.